The minimum Gasteiger partial charge on any atom is -0.466 e. The van der Waals surface area contributed by atoms with Crippen LogP contribution in [0.4, 0.5) is 5.69 Å². The summed E-state index contributed by atoms with van der Waals surface area (Å²) in [6.07, 6.45) is 0.964. The van der Waals surface area contributed by atoms with Crippen molar-refractivity contribution < 1.29 is 23.9 Å². The number of anilines is 1. The molecule has 0 saturated carbocycles. The van der Waals surface area contributed by atoms with Crippen molar-refractivity contribution in [3.63, 3.8) is 0 Å². The molecule has 0 heterocycles. The molecule has 1 rings (SSSR count). The summed E-state index contributed by atoms with van der Waals surface area (Å²) in [4.78, 5) is 35.0. The molecule has 0 aromatic heterocycles. The summed E-state index contributed by atoms with van der Waals surface area (Å²) < 4.78 is 9.12. The van der Waals surface area contributed by atoms with Gasteiger partial charge in [0, 0.05) is 7.05 Å². The molecule has 2 N–H and O–H groups in total. The third-order valence-corrected chi connectivity index (χ3v) is 2.87. The van der Waals surface area contributed by atoms with Gasteiger partial charge in [0.15, 0.2) is 0 Å². The summed E-state index contributed by atoms with van der Waals surface area (Å²) in [5.74, 6) is -1.80. The fraction of sp³-hybridized carbons (Fsp3) is 0.267. The van der Waals surface area contributed by atoms with E-state index < -0.39 is 11.9 Å². The van der Waals surface area contributed by atoms with Crippen LogP contribution in [0.25, 0.3) is 0 Å². The number of esters is 2. The number of rotatable bonds is 5. The number of ether oxygens (including phenoxy) is 2. The van der Waals surface area contributed by atoms with Crippen LogP contribution in [0.1, 0.15) is 15.9 Å². The highest BCUT2D eigenvalue weighted by molar-refractivity contribution is 6.04. The van der Waals surface area contributed by atoms with Crippen LogP contribution in [0, 0.1) is 6.92 Å². The van der Waals surface area contributed by atoms with Crippen molar-refractivity contribution in [3.8, 4) is 0 Å². The molecular weight excluding hydrogens is 288 g/mol. The molecule has 1 aromatic rings. The van der Waals surface area contributed by atoms with Gasteiger partial charge in [-0.1, -0.05) is 12.1 Å². The van der Waals surface area contributed by atoms with Gasteiger partial charge in [-0.05, 0) is 18.6 Å². The van der Waals surface area contributed by atoms with Gasteiger partial charge in [-0.15, -0.1) is 0 Å². The van der Waals surface area contributed by atoms with Crippen molar-refractivity contribution in [2.24, 2.45) is 0 Å². The lowest BCUT2D eigenvalue weighted by atomic mass is 10.1. The van der Waals surface area contributed by atoms with E-state index in [1.807, 2.05) is 0 Å². The maximum absolute atomic E-state index is 11.9. The van der Waals surface area contributed by atoms with Crippen molar-refractivity contribution in [1.29, 1.82) is 0 Å². The number of methoxy groups -OCH3 is 2. The van der Waals surface area contributed by atoms with Crippen LogP contribution in [0.15, 0.2) is 30.0 Å². The number of carbonyl (C=O) groups excluding carboxylic acids is 3. The minimum atomic E-state index is -0.753. The number of benzene rings is 1. The quantitative estimate of drug-likeness (QED) is 0.622. The topological polar surface area (TPSA) is 93.7 Å². The number of nitrogens with one attached hydrogen (secondary N) is 2. The first-order valence-electron chi connectivity index (χ1n) is 6.41. The first-order valence-corrected chi connectivity index (χ1v) is 6.41. The number of amides is 1. The Hall–Kier alpha value is -2.83. The van der Waals surface area contributed by atoms with Crippen LogP contribution in [0.5, 0.6) is 0 Å². The van der Waals surface area contributed by atoms with Gasteiger partial charge in [0.2, 0.25) is 0 Å². The Kier molecular flexibility index (Phi) is 6.12. The molecule has 22 heavy (non-hydrogen) atoms. The van der Waals surface area contributed by atoms with Crippen LogP contribution in [-0.4, -0.2) is 39.1 Å². The zero-order chi connectivity index (χ0) is 16.7. The summed E-state index contributed by atoms with van der Waals surface area (Å²) in [6.45, 7) is 1.77. The molecule has 7 nitrogen and oxygen atoms in total. The second-order valence-corrected chi connectivity index (χ2v) is 4.27. The number of aryl methyl sites for hydroxylation is 1. The first-order chi connectivity index (χ1) is 10.4. The number of carbonyl (C=O) groups is 3. The number of hydrogen-bond donors (Lipinski definition) is 2. The zero-order valence-corrected chi connectivity index (χ0v) is 12.9. The van der Waals surface area contributed by atoms with E-state index in [1.165, 1.54) is 21.3 Å². The molecule has 0 spiro atoms. The molecular formula is C15H18N2O5. The molecule has 0 bridgehead atoms. The fourth-order valence-electron chi connectivity index (χ4n) is 1.73. The van der Waals surface area contributed by atoms with Crippen LogP contribution in [-0.2, 0) is 19.1 Å². The standard InChI is InChI=1S/C15H18N2O5/c1-9-6-5-7-10(14(19)16-2)13(9)17-11(15(20)22-4)8-12(18)21-3/h5-8,17H,1-4H3,(H,16,19)/b11-8+. The summed E-state index contributed by atoms with van der Waals surface area (Å²) >= 11 is 0. The third kappa shape index (κ3) is 4.08. The van der Waals surface area contributed by atoms with Gasteiger partial charge in [-0.3, -0.25) is 4.79 Å². The van der Waals surface area contributed by atoms with Gasteiger partial charge < -0.3 is 20.1 Å². The second kappa shape index (κ2) is 7.82. The Morgan fingerprint density at radius 2 is 1.82 bits per heavy atom. The van der Waals surface area contributed by atoms with Crippen molar-refractivity contribution >= 4 is 23.5 Å². The van der Waals surface area contributed by atoms with E-state index in [1.54, 1.807) is 25.1 Å². The molecule has 1 aromatic carbocycles. The molecule has 0 radical (unpaired) electrons. The highest BCUT2D eigenvalue weighted by Crippen LogP contribution is 2.22. The van der Waals surface area contributed by atoms with Crippen LogP contribution >= 0.6 is 0 Å². The van der Waals surface area contributed by atoms with Gasteiger partial charge in [0.1, 0.15) is 5.70 Å². The highest BCUT2D eigenvalue weighted by atomic mass is 16.5. The van der Waals surface area contributed by atoms with E-state index in [0.29, 0.717) is 11.3 Å². The van der Waals surface area contributed by atoms with Crippen molar-refractivity contribution in [3.05, 3.63) is 41.1 Å². The fourth-order valence-corrected chi connectivity index (χ4v) is 1.73. The summed E-state index contributed by atoms with van der Waals surface area (Å²) in [6, 6.07) is 5.08. The number of hydrogen-bond acceptors (Lipinski definition) is 6. The van der Waals surface area contributed by atoms with E-state index in [2.05, 4.69) is 20.1 Å². The van der Waals surface area contributed by atoms with Crippen molar-refractivity contribution in [2.45, 2.75) is 6.92 Å². The molecule has 0 atom stereocenters. The normalized spacial score (nSPS) is 10.6. The Morgan fingerprint density at radius 1 is 1.14 bits per heavy atom. The maximum atomic E-state index is 11.9. The van der Waals surface area contributed by atoms with Crippen LogP contribution < -0.4 is 10.6 Å². The minimum absolute atomic E-state index is 0.131. The van der Waals surface area contributed by atoms with E-state index in [-0.39, 0.29) is 11.6 Å². The molecule has 0 aliphatic heterocycles. The maximum Gasteiger partial charge on any atom is 0.354 e. The predicted octanol–water partition coefficient (Wildman–Crippen LogP) is 0.996. The van der Waals surface area contributed by atoms with Crippen molar-refractivity contribution in [2.75, 3.05) is 26.6 Å². The number of para-hydroxylation sites is 1. The SMILES string of the molecule is CNC(=O)c1cccc(C)c1N/C(=C/C(=O)OC)C(=O)OC. The molecule has 1 amide bonds. The zero-order valence-electron chi connectivity index (χ0n) is 12.9. The average Bonchev–Trinajstić information content (AvgIpc) is 2.53. The second-order valence-electron chi connectivity index (χ2n) is 4.27. The molecule has 0 fully saturated rings. The molecule has 7 heteroatoms. The van der Waals surface area contributed by atoms with Gasteiger partial charge in [-0.2, -0.15) is 0 Å². The lowest BCUT2D eigenvalue weighted by Crippen LogP contribution is -2.22. The Bertz CT molecular complexity index is 622. The summed E-state index contributed by atoms with van der Waals surface area (Å²) in [7, 11) is 3.88. The van der Waals surface area contributed by atoms with E-state index in [0.717, 1.165) is 11.6 Å². The summed E-state index contributed by atoms with van der Waals surface area (Å²) in [5, 5.41) is 5.28. The third-order valence-electron chi connectivity index (χ3n) is 2.87. The van der Waals surface area contributed by atoms with Gasteiger partial charge in [-0.25, -0.2) is 9.59 Å². The molecule has 118 valence electrons. The Morgan fingerprint density at radius 3 is 2.36 bits per heavy atom. The van der Waals surface area contributed by atoms with Gasteiger partial charge >= 0.3 is 11.9 Å². The Labute approximate surface area is 128 Å². The Balaban J connectivity index is 3.29. The van der Waals surface area contributed by atoms with E-state index in [4.69, 9.17) is 0 Å². The van der Waals surface area contributed by atoms with Gasteiger partial charge in [0.05, 0.1) is 31.5 Å². The predicted molar refractivity (Wildman–Crippen MR) is 80.3 cm³/mol. The lowest BCUT2D eigenvalue weighted by molar-refractivity contribution is -0.138. The monoisotopic (exact) mass is 306 g/mol. The van der Waals surface area contributed by atoms with Crippen LogP contribution in [0.3, 0.4) is 0 Å². The smallest absolute Gasteiger partial charge is 0.354 e. The average molecular weight is 306 g/mol. The molecule has 0 aliphatic carbocycles. The van der Waals surface area contributed by atoms with Crippen LogP contribution in [0.2, 0.25) is 0 Å². The van der Waals surface area contributed by atoms with E-state index >= 15 is 0 Å². The molecule has 0 unspecified atom stereocenters. The molecule has 0 aliphatic rings. The molecule has 0 saturated heterocycles. The lowest BCUT2D eigenvalue weighted by Gasteiger charge is -2.15. The van der Waals surface area contributed by atoms with E-state index in [9.17, 15) is 14.4 Å². The summed E-state index contributed by atoms with van der Waals surface area (Å²) in [5.41, 5.74) is 1.33. The highest BCUT2D eigenvalue weighted by Gasteiger charge is 2.18. The van der Waals surface area contributed by atoms with Gasteiger partial charge in [0.25, 0.3) is 5.91 Å². The van der Waals surface area contributed by atoms with Crippen molar-refractivity contribution in [1.82, 2.24) is 5.32 Å². The largest absolute Gasteiger partial charge is 0.466 e. The first kappa shape index (κ1) is 17.2.